The molecule has 2 rings (SSSR count). The third-order valence-corrected chi connectivity index (χ3v) is 4.90. The van der Waals surface area contributed by atoms with E-state index in [1.807, 2.05) is 12.1 Å². The Morgan fingerprint density at radius 2 is 1.88 bits per heavy atom. The number of benzene rings is 1. The van der Waals surface area contributed by atoms with E-state index in [0.717, 1.165) is 5.56 Å². The van der Waals surface area contributed by atoms with Crippen molar-refractivity contribution >= 4 is 9.84 Å². The summed E-state index contributed by atoms with van der Waals surface area (Å²) in [6, 6.07) is 8.20. The Kier molecular flexibility index (Phi) is 3.54. The van der Waals surface area contributed by atoms with Crippen LogP contribution in [0.1, 0.15) is 36.9 Å². The third kappa shape index (κ3) is 3.07. The summed E-state index contributed by atoms with van der Waals surface area (Å²) in [6.45, 7) is 4.86. The Balaban J connectivity index is 2.17. The minimum absolute atomic E-state index is 0.0463. The zero-order valence-electron chi connectivity index (χ0n) is 10.3. The minimum Gasteiger partial charge on any atom is -0.308 e. The summed E-state index contributed by atoms with van der Waals surface area (Å²) in [5.74, 6) is 0.980. The van der Waals surface area contributed by atoms with Gasteiger partial charge in [0.2, 0.25) is 0 Å². The number of rotatable bonds is 2. The van der Waals surface area contributed by atoms with Gasteiger partial charge in [-0.3, -0.25) is 0 Å². The molecular weight excluding hydrogens is 234 g/mol. The fourth-order valence-corrected chi connectivity index (χ4v) is 3.53. The van der Waals surface area contributed by atoms with Crippen molar-refractivity contribution < 1.29 is 8.42 Å². The topological polar surface area (TPSA) is 46.2 Å². The van der Waals surface area contributed by atoms with Crippen LogP contribution in [0.25, 0.3) is 0 Å². The monoisotopic (exact) mass is 253 g/mol. The van der Waals surface area contributed by atoms with Gasteiger partial charge in [-0.05, 0) is 17.0 Å². The van der Waals surface area contributed by atoms with Gasteiger partial charge in [0.05, 0.1) is 11.5 Å². The largest absolute Gasteiger partial charge is 0.308 e. The first-order chi connectivity index (χ1) is 7.98. The van der Waals surface area contributed by atoms with Crippen molar-refractivity contribution in [2.45, 2.75) is 25.8 Å². The zero-order valence-corrected chi connectivity index (χ0v) is 11.1. The van der Waals surface area contributed by atoms with Crippen molar-refractivity contribution in [1.82, 2.24) is 5.32 Å². The molecule has 1 saturated heterocycles. The molecule has 0 amide bonds. The van der Waals surface area contributed by atoms with Crippen molar-refractivity contribution in [2.75, 3.05) is 18.1 Å². The SMILES string of the molecule is CC(C)c1ccc(C2CS(=O)(=O)CCN2)cc1. The third-order valence-electron chi connectivity index (χ3n) is 3.23. The highest BCUT2D eigenvalue weighted by molar-refractivity contribution is 7.91. The number of hydrogen-bond donors (Lipinski definition) is 1. The van der Waals surface area contributed by atoms with Crippen LogP contribution in [-0.4, -0.2) is 26.5 Å². The van der Waals surface area contributed by atoms with Gasteiger partial charge in [-0.1, -0.05) is 38.1 Å². The van der Waals surface area contributed by atoms with Crippen LogP contribution in [0.15, 0.2) is 24.3 Å². The lowest BCUT2D eigenvalue weighted by molar-refractivity contribution is 0.531. The molecule has 0 saturated carbocycles. The average molecular weight is 253 g/mol. The summed E-state index contributed by atoms with van der Waals surface area (Å²) in [5, 5.41) is 3.26. The summed E-state index contributed by atoms with van der Waals surface area (Å²) in [6.07, 6.45) is 0. The first kappa shape index (κ1) is 12.6. The molecule has 0 aliphatic carbocycles. The van der Waals surface area contributed by atoms with E-state index in [1.165, 1.54) is 5.56 Å². The van der Waals surface area contributed by atoms with Gasteiger partial charge in [0, 0.05) is 12.6 Å². The molecule has 0 aromatic heterocycles. The van der Waals surface area contributed by atoms with Gasteiger partial charge in [0.15, 0.2) is 9.84 Å². The van der Waals surface area contributed by atoms with E-state index in [-0.39, 0.29) is 17.5 Å². The van der Waals surface area contributed by atoms with Gasteiger partial charge < -0.3 is 5.32 Å². The maximum atomic E-state index is 11.6. The number of hydrogen-bond acceptors (Lipinski definition) is 3. The van der Waals surface area contributed by atoms with Crippen LogP contribution in [0.3, 0.4) is 0 Å². The molecular formula is C13H19NO2S. The predicted molar refractivity (Wildman–Crippen MR) is 69.9 cm³/mol. The van der Waals surface area contributed by atoms with Crippen molar-refractivity contribution in [3.63, 3.8) is 0 Å². The number of nitrogens with one attached hydrogen (secondary N) is 1. The molecule has 1 aromatic carbocycles. The van der Waals surface area contributed by atoms with Crippen LogP contribution >= 0.6 is 0 Å². The molecule has 17 heavy (non-hydrogen) atoms. The van der Waals surface area contributed by atoms with Gasteiger partial charge >= 0.3 is 0 Å². The molecule has 1 aromatic rings. The van der Waals surface area contributed by atoms with E-state index in [2.05, 4.69) is 31.3 Å². The van der Waals surface area contributed by atoms with E-state index in [1.54, 1.807) is 0 Å². The number of sulfone groups is 1. The average Bonchev–Trinajstić information content (AvgIpc) is 2.28. The molecule has 3 nitrogen and oxygen atoms in total. The minimum atomic E-state index is -2.87. The van der Waals surface area contributed by atoms with Crippen LogP contribution in [0.2, 0.25) is 0 Å². The van der Waals surface area contributed by atoms with Gasteiger partial charge in [0.25, 0.3) is 0 Å². The van der Waals surface area contributed by atoms with Gasteiger partial charge in [-0.25, -0.2) is 8.42 Å². The standard InChI is InChI=1S/C13H19NO2S/c1-10(2)11-3-5-12(6-4-11)13-9-17(15,16)8-7-14-13/h3-6,10,13-14H,7-9H2,1-2H3. The fourth-order valence-electron chi connectivity index (χ4n) is 2.11. The lowest BCUT2D eigenvalue weighted by atomic mass is 9.99. The molecule has 0 bridgehead atoms. The fraction of sp³-hybridized carbons (Fsp3) is 0.538. The van der Waals surface area contributed by atoms with Crippen LogP contribution in [0.4, 0.5) is 0 Å². The molecule has 1 aliphatic rings. The molecule has 1 N–H and O–H groups in total. The van der Waals surface area contributed by atoms with E-state index in [0.29, 0.717) is 12.5 Å². The van der Waals surface area contributed by atoms with Crippen molar-refractivity contribution in [3.8, 4) is 0 Å². The zero-order chi connectivity index (χ0) is 12.5. The molecule has 1 atom stereocenters. The lowest BCUT2D eigenvalue weighted by Crippen LogP contribution is -2.39. The van der Waals surface area contributed by atoms with Crippen LogP contribution < -0.4 is 5.32 Å². The van der Waals surface area contributed by atoms with Crippen LogP contribution in [0, 0.1) is 0 Å². The quantitative estimate of drug-likeness (QED) is 0.875. The van der Waals surface area contributed by atoms with Crippen molar-refractivity contribution in [2.24, 2.45) is 0 Å². The summed E-state index contributed by atoms with van der Waals surface area (Å²) < 4.78 is 23.1. The highest BCUT2D eigenvalue weighted by Crippen LogP contribution is 2.21. The Labute approximate surface area is 103 Å². The Hall–Kier alpha value is -0.870. The Morgan fingerprint density at radius 3 is 2.41 bits per heavy atom. The molecule has 1 unspecified atom stereocenters. The van der Waals surface area contributed by atoms with E-state index in [9.17, 15) is 8.42 Å². The van der Waals surface area contributed by atoms with Gasteiger partial charge in [-0.15, -0.1) is 0 Å². The molecule has 1 aliphatic heterocycles. The van der Waals surface area contributed by atoms with Gasteiger partial charge in [0.1, 0.15) is 0 Å². The highest BCUT2D eigenvalue weighted by atomic mass is 32.2. The first-order valence-corrected chi connectivity index (χ1v) is 7.84. The van der Waals surface area contributed by atoms with Gasteiger partial charge in [-0.2, -0.15) is 0 Å². The lowest BCUT2D eigenvalue weighted by Gasteiger charge is -2.24. The Bertz CT molecular complexity index is 477. The highest BCUT2D eigenvalue weighted by Gasteiger charge is 2.25. The predicted octanol–water partition coefficient (Wildman–Crippen LogP) is 1.87. The van der Waals surface area contributed by atoms with Crippen LogP contribution in [-0.2, 0) is 9.84 Å². The summed E-state index contributed by atoms with van der Waals surface area (Å²) in [4.78, 5) is 0. The molecule has 1 heterocycles. The first-order valence-electron chi connectivity index (χ1n) is 6.01. The summed E-state index contributed by atoms with van der Waals surface area (Å²) >= 11 is 0. The summed E-state index contributed by atoms with van der Waals surface area (Å²) in [5.41, 5.74) is 2.35. The van der Waals surface area contributed by atoms with Crippen LogP contribution in [0.5, 0.6) is 0 Å². The smallest absolute Gasteiger partial charge is 0.153 e. The molecule has 0 radical (unpaired) electrons. The molecule has 1 fully saturated rings. The van der Waals surface area contributed by atoms with E-state index in [4.69, 9.17) is 0 Å². The second kappa shape index (κ2) is 4.78. The van der Waals surface area contributed by atoms with E-state index >= 15 is 0 Å². The second-order valence-electron chi connectivity index (χ2n) is 4.94. The maximum absolute atomic E-state index is 11.6. The Morgan fingerprint density at radius 1 is 1.24 bits per heavy atom. The molecule has 94 valence electrons. The summed E-state index contributed by atoms with van der Waals surface area (Å²) in [7, 11) is -2.87. The van der Waals surface area contributed by atoms with E-state index < -0.39 is 9.84 Å². The second-order valence-corrected chi connectivity index (χ2v) is 7.17. The normalized spacial score (nSPS) is 23.8. The maximum Gasteiger partial charge on any atom is 0.153 e. The van der Waals surface area contributed by atoms with Crippen molar-refractivity contribution in [1.29, 1.82) is 0 Å². The van der Waals surface area contributed by atoms with Crippen molar-refractivity contribution in [3.05, 3.63) is 35.4 Å². The molecule has 0 spiro atoms. The molecule has 4 heteroatoms.